The van der Waals surface area contributed by atoms with Gasteiger partial charge in [-0.3, -0.25) is 0 Å². The number of carbonyl (C=O) groups is 2. The van der Waals surface area contributed by atoms with E-state index in [2.05, 4.69) is 4.74 Å². The van der Waals surface area contributed by atoms with Crippen molar-refractivity contribution in [3.05, 3.63) is 29.8 Å². The maximum absolute atomic E-state index is 11.0. The minimum absolute atomic E-state index is 0.336. The second-order valence-corrected chi connectivity index (χ2v) is 2.22. The molecule has 0 amide bonds. The second-order valence-electron chi connectivity index (χ2n) is 2.22. The lowest BCUT2D eigenvalue weighted by molar-refractivity contribution is -0.0980. The summed E-state index contributed by atoms with van der Waals surface area (Å²) < 4.78 is 9.46. The maximum Gasteiger partial charge on any atom is 0.337 e. The molecule has 0 bridgehead atoms. The molecule has 0 spiro atoms. The van der Waals surface area contributed by atoms with Gasteiger partial charge in [-0.15, -0.1) is 0 Å². The van der Waals surface area contributed by atoms with E-state index in [4.69, 9.17) is 9.53 Å². The first-order valence-electron chi connectivity index (χ1n) is 3.79. The third-order valence-corrected chi connectivity index (χ3v) is 1.51. The van der Waals surface area contributed by atoms with Crippen LogP contribution in [0.5, 0.6) is 5.75 Å². The van der Waals surface area contributed by atoms with Gasteiger partial charge < -0.3 is 14.3 Å². The average molecular weight is 196 g/mol. The summed E-state index contributed by atoms with van der Waals surface area (Å²) in [4.78, 5) is 19.0. The molecule has 0 aliphatic rings. The van der Waals surface area contributed by atoms with Gasteiger partial charge in [0.15, 0.2) is 0 Å². The van der Waals surface area contributed by atoms with Crippen LogP contribution in [0.15, 0.2) is 24.3 Å². The van der Waals surface area contributed by atoms with Gasteiger partial charge in [-0.05, 0) is 24.3 Å². The zero-order chi connectivity index (χ0) is 11.0. The predicted octanol–water partition coefficient (Wildman–Crippen LogP) is 1.30. The topological polar surface area (TPSA) is 52.6 Å². The summed E-state index contributed by atoms with van der Waals surface area (Å²) in [5.41, 5.74) is 0.526. The molecule has 0 aromatic heterocycles. The highest BCUT2D eigenvalue weighted by molar-refractivity contribution is 5.89. The number of ether oxygens (including phenoxy) is 2. The molecule has 0 aliphatic heterocycles. The van der Waals surface area contributed by atoms with E-state index in [0.717, 1.165) is 5.75 Å². The Labute approximate surface area is 82.4 Å². The summed E-state index contributed by atoms with van der Waals surface area (Å²) in [7, 11) is 2.93. The summed E-state index contributed by atoms with van der Waals surface area (Å²) in [6.45, 7) is 2.00. The lowest BCUT2D eigenvalue weighted by Gasteiger charge is -2.00. The quantitative estimate of drug-likeness (QED) is 0.669. The van der Waals surface area contributed by atoms with Gasteiger partial charge in [-0.25, -0.2) is 4.79 Å². The van der Waals surface area contributed by atoms with Crippen LogP contribution in [0.25, 0.3) is 0 Å². The molecule has 14 heavy (non-hydrogen) atoms. The van der Waals surface area contributed by atoms with Crippen molar-refractivity contribution in [2.24, 2.45) is 0 Å². The van der Waals surface area contributed by atoms with Crippen LogP contribution in [-0.2, 0) is 9.53 Å². The van der Waals surface area contributed by atoms with Crippen LogP contribution in [0.4, 0.5) is 0 Å². The van der Waals surface area contributed by atoms with Gasteiger partial charge >= 0.3 is 5.97 Å². The third-order valence-electron chi connectivity index (χ3n) is 1.51. The summed E-state index contributed by atoms with van der Waals surface area (Å²) >= 11 is 0. The Bertz CT molecular complexity index is 279. The number of carbonyl (C=O) groups excluding carboxylic acids is 2. The molecule has 4 nitrogen and oxygen atoms in total. The van der Waals surface area contributed by atoms with Crippen molar-refractivity contribution in [1.82, 2.24) is 0 Å². The van der Waals surface area contributed by atoms with Crippen LogP contribution in [0, 0.1) is 0 Å². The van der Waals surface area contributed by atoms with Crippen LogP contribution in [0.1, 0.15) is 10.4 Å². The number of hydrogen-bond acceptors (Lipinski definition) is 4. The number of methoxy groups -OCH3 is 2. The van der Waals surface area contributed by atoms with E-state index in [1.54, 1.807) is 31.4 Å². The van der Waals surface area contributed by atoms with Crippen molar-refractivity contribution in [2.45, 2.75) is 0 Å². The summed E-state index contributed by atoms with van der Waals surface area (Å²) in [6.07, 6.45) is 0. The molecule has 0 fully saturated rings. The van der Waals surface area contributed by atoms with E-state index in [0.29, 0.717) is 5.56 Å². The standard InChI is InChI=1S/C9H10O3.CH2O/c1-11-8-5-3-7(4-6-8)9(10)12-2;1-2/h3-6H,1-2H3;1H2. The van der Waals surface area contributed by atoms with Gasteiger partial charge in [-0.2, -0.15) is 0 Å². The van der Waals surface area contributed by atoms with Crippen LogP contribution in [0.2, 0.25) is 0 Å². The predicted molar refractivity (Wildman–Crippen MR) is 51.5 cm³/mol. The van der Waals surface area contributed by atoms with E-state index in [1.165, 1.54) is 7.11 Å². The largest absolute Gasteiger partial charge is 0.497 e. The van der Waals surface area contributed by atoms with Crippen molar-refractivity contribution in [2.75, 3.05) is 14.2 Å². The molecule has 0 saturated carbocycles. The SMILES string of the molecule is C=O.COC(=O)c1ccc(OC)cc1. The fraction of sp³-hybridized carbons (Fsp3) is 0.200. The number of hydrogen-bond donors (Lipinski definition) is 0. The smallest absolute Gasteiger partial charge is 0.337 e. The van der Waals surface area contributed by atoms with E-state index in [9.17, 15) is 4.79 Å². The number of esters is 1. The molecule has 0 atom stereocenters. The molecule has 0 saturated heterocycles. The van der Waals surface area contributed by atoms with Gasteiger partial charge in [0.2, 0.25) is 0 Å². The first-order chi connectivity index (χ1) is 6.77. The van der Waals surface area contributed by atoms with Gasteiger partial charge in [0, 0.05) is 0 Å². The Morgan fingerprint density at radius 2 is 1.64 bits per heavy atom. The van der Waals surface area contributed by atoms with Gasteiger partial charge in [0.05, 0.1) is 19.8 Å². The van der Waals surface area contributed by atoms with Crippen molar-refractivity contribution >= 4 is 12.8 Å². The Morgan fingerprint density at radius 1 is 1.14 bits per heavy atom. The lowest BCUT2D eigenvalue weighted by Crippen LogP contribution is -2.00. The highest BCUT2D eigenvalue weighted by atomic mass is 16.5. The minimum Gasteiger partial charge on any atom is -0.497 e. The number of rotatable bonds is 2. The van der Waals surface area contributed by atoms with Gasteiger partial charge in [-0.1, -0.05) is 0 Å². The van der Waals surface area contributed by atoms with Crippen molar-refractivity contribution < 1.29 is 19.1 Å². The van der Waals surface area contributed by atoms with Crippen LogP contribution in [0.3, 0.4) is 0 Å². The molecule has 0 radical (unpaired) electrons. The van der Waals surface area contributed by atoms with Crippen LogP contribution < -0.4 is 4.74 Å². The average Bonchev–Trinajstić information content (AvgIpc) is 2.31. The molecule has 1 aromatic carbocycles. The van der Waals surface area contributed by atoms with E-state index >= 15 is 0 Å². The highest BCUT2D eigenvalue weighted by Gasteiger charge is 2.03. The molecular weight excluding hydrogens is 184 g/mol. The van der Waals surface area contributed by atoms with Gasteiger partial charge in [0.1, 0.15) is 12.5 Å². The zero-order valence-electron chi connectivity index (χ0n) is 8.15. The van der Waals surface area contributed by atoms with Crippen molar-refractivity contribution in [3.8, 4) is 5.75 Å². The molecular formula is C10H12O4. The third kappa shape index (κ3) is 3.26. The minimum atomic E-state index is -0.336. The lowest BCUT2D eigenvalue weighted by atomic mass is 10.2. The zero-order valence-corrected chi connectivity index (χ0v) is 8.15. The number of benzene rings is 1. The normalized spacial score (nSPS) is 8.14. The van der Waals surface area contributed by atoms with E-state index < -0.39 is 0 Å². The molecule has 0 aliphatic carbocycles. The first-order valence-corrected chi connectivity index (χ1v) is 3.79. The summed E-state index contributed by atoms with van der Waals surface area (Å²) in [5, 5.41) is 0. The van der Waals surface area contributed by atoms with Crippen LogP contribution >= 0.6 is 0 Å². The van der Waals surface area contributed by atoms with E-state index in [-0.39, 0.29) is 5.97 Å². The summed E-state index contributed by atoms with van der Waals surface area (Å²) in [6, 6.07) is 6.74. The Hall–Kier alpha value is -1.84. The molecule has 0 N–H and O–H groups in total. The Morgan fingerprint density at radius 3 is 2.00 bits per heavy atom. The Balaban J connectivity index is 0.000000791. The monoisotopic (exact) mass is 196 g/mol. The Kier molecular flexibility index (Phi) is 5.78. The fourth-order valence-corrected chi connectivity index (χ4v) is 0.845. The van der Waals surface area contributed by atoms with Crippen molar-refractivity contribution in [1.29, 1.82) is 0 Å². The molecule has 4 heteroatoms. The van der Waals surface area contributed by atoms with E-state index in [1.807, 2.05) is 6.79 Å². The highest BCUT2D eigenvalue weighted by Crippen LogP contribution is 2.11. The maximum atomic E-state index is 11.0. The fourth-order valence-electron chi connectivity index (χ4n) is 0.845. The van der Waals surface area contributed by atoms with Crippen molar-refractivity contribution in [3.63, 3.8) is 0 Å². The second kappa shape index (κ2) is 6.65. The first kappa shape index (κ1) is 12.2. The molecule has 1 aromatic rings. The molecule has 1 rings (SSSR count). The van der Waals surface area contributed by atoms with Crippen LogP contribution in [-0.4, -0.2) is 27.0 Å². The molecule has 0 heterocycles. The summed E-state index contributed by atoms with van der Waals surface area (Å²) in [5.74, 6) is 0.389. The van der Waals surface area contributed by atoms with Gasteiger partial charge in [0.25, 0.3) is 0 Å². The molecule has 76 valence electrons. The molecule has 0 unspecified atom stereocenters.